The van der Waals surface area contributed by atoms with E-state index in [1.165, 1.54) is 22.7 Å². The highest BCUT2D eigenvalue weighted by atomic mass is 19.4. The number of piperidine rings is 1. The van der Waals surface area contributed by atoms with Crippen molar-refractivity contribution in [3.8, 4) is 0 Å². The molecule has 0 amide bonds. The van der Waals surface area contributed by atoms with E-state index in [0.29, 0.717) is 17.9 Å². The normalized spacial score (nSPS) is 17.6. The number of hydrogen-bond acceptors (Lipinski definition) is 2. The Bertz CT molecular complexity index is 1170. The predicted octanol–water partition coefficient (Wildman–Crippen LogP) is 6.68. The Kier molecular flexibility index (Phi) is 6.40. The van der Waals surface area contributed by atoms with Crippen molar-refractivity contribution in [3.63, 3.8) is 0 Å². The summed E-state index contributed by atoms with van der Waals surface area (Å²) in [5.41, 5.74) is 4.52. The van der Waals surface area contributed by atoms with Gasteiger partial charge in [0.15, 0.2) is 0 Å². The zero-order chi connectivity index (χ0) is 23.9. The van der Waals surface area contributed by atoms with Crippen molar-refractivity contribution in [1.29, 1.82) is 0 Å². The molecule has 0 radical (unpaired) electrons. The number of rotatable bonds is 6. The third kappa shape index (κ3) is 4.85. The van der Waals surface area contributed by atoms with Gasteiger partial charge in [0.05, 0.1) is 23.1 Å². The van der Waals surface area contributed by atoms with Crippen LogP contribution in [0.3, 0.4) is 0 Å². The quantitative estimate of drug-likeness (QED) is 0.372. The smallest absolute Gasteiger partial charge is 0.327 e. The van der Waals surface area contributed by atoms with Crippen LogP contribution < -0.4 is 0 Å². The van der Waals surface area contributed by atoms with E-state index in [9.17, 15) is 17.6 Å². The van der Waals surface area contributed by atoms with Crippen molar-refractivity contribution in [3.05, 3.63) is 64.2 Å². The molecule has 2 aliphatic heterocycles. The molecule has 3 nitrogen and oxygen atoms in total. The third-order valence-corrected chi connectivity index (χ3v) is 7.46. The van der Waals surface area contributed by atoms with E-state index in [2.05, 4.69) is 28.5 Å². The van der Waals surface area contributed by atoms with Crippen LogP contribution in [0, 0.1) is 18.7 Å². The molecule has 182 valence electrons. The minimum Gasteiger partial charge on any atom is -0.327 e. The van der Waals surface area contributed by atoms with E-state index >= 15 is 0 Å². The van der Waals surface area contributed by atoms with Crippen LogP contribution in [-0.2, 0) is 32.1 Å². The number of nitrogens with zero attached hydrogens (tertiary/aromatic N) is 3. The number of benzene rings is 2. The second-order valence-electron chi connectivity index (χ2n) is 10.00. The fraction of sp³-hybridized carbons (Fsp3) is 0.519. The number of likely N-dealkylation sites (tertiary alicyclic amines) is 1. The van der Waals surface area contributed by atoms with E-state index in [0.717, 1.165) is 88.2 Å². The molecule has 2 aromatic carbocycles. The lowest BCUT2D eigenvalue weighted by Gasteiger charge is -2.32. The van der Waals surface area contributed by atoms with Gasteiger partial charge in [-0.1, -0.05) is 18.6 Å². The number of aromatic nitrogens is 2. The van der Waals surface area contributed by atoms with E-state index in [4.69, 9.17) is 4.98 Å². The van der Waals surface area contributed by atoms with Crippen molar-refractivity contribution in [2.75, 3.05) is 13.1 Å². The van der Waals surface area contributed by atoms with E-state index < -0.39 is 17.6 Å². The maximum Gasteiger partial charge on any atom is 0.419 e. The number of hydrogen-bond donors (Lipinski definition) is 0. The van der Waals surface area contributed by atoms with Crippen LogP contribution in [0.5, 0.6) is 0 Å². The van der Waals surface area contributed by atoms with Crippen molar-refractivity contribution >= 4 is 11.0 Å². The Hall–Kier alpha value is -2.41. The van der Waals surface area contributed by atoms with Crippen molar-refractivity contribution in [2.45, 2.75) is 71.1 Å². The zero-order valence-electron chi connectivity index (χ0n) is 19.6. The molecule has 1 saturated heterocycles. The molecule has 34 heavy (non-hydrogen) atoms. The van der Waals surface area contributed by atoms with Gasteiger partial charge in [0.1, 0.15) is 11.6 Å². The summed E-state index contributed by atoms with van der Waals surface area (Å²) in [5, 5.41) is 0. The van der Waals surface area contributed by atoms with Crippen molar-refractivity contribution in [2.24, 2.45) is 5.92 Å². The molecule has 1 fully saturated rings. The fourth-order valence-corrected chi connectivity index (χ4v) is 5.71. The van der Waals surface area contributed by atoms with Gasteiger partial charge in [-0.15, -0.1) is 0 Å². The number of aryl methyl sites for hydroxylation is 4. The van der Waals surface area contributed by atoms with Crippen molar-refractivity contribution < 1.29 is 17.6 Å². The summed E-state index contributed by atoms with van der Waals surface area (Å²) >= 11 is 0. The van der Waals surface area contributed by atoms with Crippen LogP contribution in [0.15, 0.2) is 30.3 Å². The predicted molar refractivity (Wildman–Crippen MR) is 125 cm³/mol. The molecule has 7 heteroatoms. The monoisotopic (exact) mass is 473 g/mol. The molecule has 3 heterocycles. The molecule has 3 aromatic rings. The summed E-state index contributed by atoms with van der Waals surface area (Å²) < 4.78 is 54.7. The highest BCUT2D eigenvalue weighted by Crippen LogP contribution is 2.33. The fourth-order valence-electron chi connectivity index (χ4n) is 5.71. The molecule has 5 rings (SSSR count). The summed E-state index contributed by atoms with van der Waals surface area (Å²) in [5.74, 6) is 0.553. The third-order valence-electron chi connectivity index (χ3n) is 7.46. The Morgan fingerprint density at radius 3 is 2.62 bits per heavy atom. The minimum atomic E-state index is -4.65. The first-order valence-corrected chi connectivity index (χ1v) is 12.3. The number of alkyl halides is 3. The summed E-state index contributed by atoms with van der Waals surface area (Å²) in [6.07, 6.45) is 2.21. The highest BCUT2D eigenvalue weighted by molar-refractivity contribution is 5.81. The maximum atomic E-state index is 13.5. The second kappa shape index (κ2) is 9.33. The Balaban J connectivity index is 1.14. The lowest BCUT2D eigenvalue weighted by Crippen LogP contribution is -2.34. The first-order chi connectivity index (χ1) is 16.3. The topological polar surface area (TPSA) is 21.1 Å². The van der Waals surface area contributed by atoms with Gasteiger partial charge in [-0.05, 0) is 99.3 Å². The SMILES string of the molecule is Cc1cc2c3c(c1)nc(CN1CCC(CCCc4ccc(F)c(C(F)(F)F)c4)CC1)n3CCC2. The molecule has 0 aliphatic carbocycles. The number of imidazole rings is 1. The largest absolute Gasteiger partial charge is 0.419 e. The molecule has 0 unspecified atom stereocenters. The average molecular weight is 474 g/mol. The van der Waals surface area contributed by atoms with E-state index in [-0.39, 0.29) is 0 Å². The lowest BCUT2D eigenvalue weighted by atomic mass is 9.90. The molecular formula is C27H31F4N3. The van der Waals surface area contributed by atoms with Crippen LogP contribution in [0.1, 0.15) is 60.2 Å². The van der Waals surface area contributed by atoms with Crippen LogP contribution in [0.25, 0.3) is 11.0 Å². The average Bonchev–Trinajstić information content (AvgIpc) is 3.13. The van der Waals surface area contributed by atoms with Gasteiger partial charge in [-0.2, -0.15) is 13.2 Å². The Morgan fingerprint density at radius 2 is 1.85 bits per heavy atom. The van der Waals surface area contributed by atoms with Crippen LogP contribution >= 0.6 is 0 Å². The van der Waals surface area contributed by atoms with E-state index in [1.807, 2.05) is 0 Å². The van der Waals surface area contributed by atoms with Gasteiger partial charge in [-0.25, -0.2) is 9.37 Å². The summed E-state index contributed by atoms with van der Waals surface area (Å²) in [6, 6.07) is 7.86. The van der Waals surface area contributed by atoms with E-state index in [1.54, 1.807) is 0 Å². The van der Waals surface area contributed by atoms with Gasteiger partial charge in [0.2, 0.25) is 0 Å². The highest BCUT2D eigenvalue weighted by Gasteiger charge is 2.34. The van der Waals surface area contributed by atoms with Crippen molar-refractivity contribution in [1.82, 2.24) is 14.5 Å². The van der Waals surface area contributed by atoms with Gasteiger partial charge in [0.25, 0.3) is 0 Å². The molecular weight excluding hydrogens is 442 g/mol. The molecule has 2 aliphatic rings. The zero-order valence-corrected chi connectivity index (χ0v) is 19.6. The van der Waals surface area contributed by atoms with Gasteiger partial charge in [-0.3, -0.25) is 4.90 Å². The molecule has 0 spiro atoms. The Morgan fingerprint density at radius 1 is 1.06 bits per heavy atom. The lowest BCUT2D eigenvalue weighted by molar-refractivity contribution is -0.140. The Labute approximate surface area is 197 Å². The van der Waals surface area contributed by atoms with Gasteiger partial charge in [0, 0.05) is 6.54 Å². The van der Waals surface area contributed by atoms with Gasteiger partial charge >= 0.3 is 6.18 Å². The summed E-state index contributed by atoms with van der Waals surface area (Å²) in [6.45, 7) is 6.09. The standard InChI is InChI=1S/C27H31F4N3/c1-18-14-21-6-3-11-34-25(32-24(15-18)26(21)34)17-33-12-9-19(10-13-33)4-2-5-20-7-8-23(28)22(16-20)27(29,30)31/h7-8,14-16,19H,2-6,9-13,17H2,1H3. The molecule has 0 atom stereocenters. The molecule has 0 N–H and O–H groups in total. The summed E-state index contributed by atoms with van der Waals surface area (Å²) in [4.78, 5) is 7.47. The molecule has 1 aromatic heterocycles. The summed E-state index contributed by atoms with van der Waals surface area (Å²) in [7, 11) is 0. The van der Waals surface area contributed by atoms with Crippen LogP contribution in [-0.4, -0.2) is 27.5 Å². The number of halogens is 4. The van der Waals surface area contributed by atoms with Crippen LogP contribution in [0.2, 0.25) is 0 Å². The van der Waals surface area contributed by atoms with Gasteiger partial charge < -0.3 is 4.57 Å². The minimum absolute atomic E-state index is 0.551. The first kappa shape index (κ1) is 23.3. The van der Waals surface area contributed by atoms with Crippen LogP contribution in [0.4, 0.5) is 17.6 Å². The second-order valence-corrected chi connectivity index (χ2v) is 10.00. The maximum absolute atomic E-state index is 13.5. The molecule has 0 bridgehead atoms. The first-order valence-electron chi connectivity index (χ1n) is 12.3. The molecule has 0 saturated carbocycles.